The van der Waals surface area contributed by atoms with E-state index in [1.54, 1.807) is 33.5 Å². The molecule has 1 heterocycles. The van der Waals surface area contributed by atoms with E-state index in [1.807, 2.05) is 36.4 Å². The second kappa shape index (κ2) is 9.18. The molecule has 0 radical (unpaired) electrons. The number of phenols is 1. The summed E-state index contributed by atoms with van der Waals surface area (Å²) in [5, 5.41) is 10.3. The first-order valence-corrected chi connectivity index (χ1v) is 10.2. The van der Waals surface area contributed by atoms with Crippen LogP contribution in [0.2, 0.25) is 0 Å². The van der Waals surface area contributed by atoms with E-state index < -0.39 is 0 Å². The van der Waals surface area contributed by atoms with Gasteiger partial charge >= 0.3 is 0 Å². The van der Waals surface area contributed by atoms with E-state index in [9.17, 15) is 5.11 Å². The topological polar surface area (TPSA) is 60.4 Å². The molecule has 6 nitrogen and oxygen atoms in total. The zero-order valence-corrected chi connectivity index (χ0v) is 18.1. The quantitative estimate of drug-likeness (QED) is 0.633. The third-order valence-corrected chi connectivity index (χ3v) is 5.50. The maximum atomic E-state index is 10.3. The first-order valence-electron chi connectivity index (χ1n) is 10.2. The van der Waals surface area contributed by atoms with Crippen LogP contribution in [0, 0.1) is 0 Å². The Morgan fingerprint density at radius 2 is 1.74 bits per heavy atom. The van der Waals surface area contributed by atoms with Crippen LogP contribution in [0.25, 0.3) is 11.1 Å². The molecule has 0 bridgehead atoms. The number of benzene rings is 3. The number of nitrogens with zero attached hydrogens (tertiary/aromatic N) is 1. The fraction of sp³-hybridized carbons (Fsp3) is 0.280. The highest BCUT2D eigenvalue weighted by Gasteiger charge is 2.22. The largest absolute Gasteiger partial charge is 0.508 e. The van der Waals surface area contributed by atoms with Crippen molar-refractivity contribution in [1.29, 1.82) is 0 Å². The molecule has 6 heteroatoms. The average Bonchev–Trinajstić information content (AvgIpc) is 3.01. The molecule has 1 aliphatic rings. The van der Waals surface area contributed by atoms with Crippen molar-refractivity contribution >= 4 is 0 Å². The predicted octanol–water partition coefficient (Wildman–Crippen LogP) is 4.48. The van der Waals surface area contributed by atoms with Gasteiger partial charge in [-0.3, -0.25) is 4.90 Å². The molecule has 162 valence electrons. The standard InChI is InChI=1S/C25H27NO5/c1-28-20-8-9-22(27)18(13-20)15-26-10-11-31-25-19(16-26)12-17(14-24(25)30-3)21-6-4-5-7-23(21)29-2/h4-9,12-14,27H,10-11,15-16H2,1-3H3. The molecule has 0 saturated carbocycles. The lowest BCUT2D eigenvalue weighted by atomic mass is 10.0. The summed E-state index contributed by atoms with van der Waals surface area (Å²) >= 11 is 0. The van der Waals surface area contributed by atoms with Crippen molar-refractivity contribution in [2.24, 2.45) is 0 Å². The zero-order chi connectivity index (χ0) is 21.8. The number of ether oxygens (including phenoxy) is 4. The van der Waals surface area contributed by atoms with Crippen molar-refractivity contribution in [2.45, 2.75) is 13.1 Å². The van der Waals surface area contributed by atoms with E-state index in [0.717, 1.165) is 46.0 Å². The van der Waals surface area contributed by atoms with E-state index >= 15 is 0 Å². The SMILES string of the molecule is COc1ccc(O)c(CN2CCOc3c(cc(-c4ccccc4OC)cc3OC)C2)c1. The molecule has 0 aliphatic carbocycles. The third kappa shape index (κ3) is 4.39. The Labute approximate surface area is 182 Å². The van der Waals surface area contributed by atoms with E-state index in [-0.39, 0.29) is 5.75 Å². The fourth-order valence-corrected chi connectivity index (χ4v) is 3.92. The Morgan fingerprint density at radius 1 is 0.935 bits per heavy atom. The van der Waals surface area contributed by atoms with Crippen LogP contribution in [-0.4, -0.2) is 44.5 Å². The van der Waals surface area contributed by atoms with Gasteiger partial charge in [0.1, 0.15) is 23.9 Å². The number of rotatable bonds is 6. The molecular weight excluding hydrogens is 394 g/mol. The normalized spacial score (nSPS) is 13.6. The lowest BCUT2D eigenvalue weighted by Gasteiger charge is -2.21. The van der Waals surface area contributed by atoms with Crippen molar-refractivity contribution < 1.29 is 24.1 Å². The van der Waals surface area contributed by atoms with Crippen LogP contribution in [-0.2, 0) is 13.1 Å². The first kappa shape index (κ1) is 20.9. The number of aromatic hydroxyl groups is 1. The Balaban J connectivity index is 1.69. The molecule has 0 amide bonds. The van der Waals surface area contributed by atoms with Crippen molar-refractivity contribution in [2.75, 3.05) is 34.5 Å². The highest BCUT2D eigenvalue weighted by Crippen LogP contribution is 2.41. The van der Waals surface area contributed by atoms with Gasteiger partial charge in [0, 0.05) is 36.3 Å². The number of hydrogen-bond acceptors (Lipinski definition) is 6. The van der Waals surface area contributed by atoms with Gasteiger partial charge in [0.2, 0.25) is 0 Å². The molecule has 4 rings (SSSR count). The van der Waals surface area contributed by atoms with Crippen molar-refractivity contribution in [3.05, 3.63) is 65.7 Å². The molecule has 3 aromatic rings. The minimum absolute atomic E-state index is 0.256. The highest BCUT2D eigenvalue weighted by molar-refractivity contribution is 5.74. The summed E-state index contributed by atoms with van der Waals surface area (Å²) in [5.41, 5.74) is 3.84. The van der Waals surface area contributed by atoms with Gasteiger partial charge in [-0.15, -0.1) is 0 Å². The number of methoxy groups -OCH3 is 3. The molecule has 1 N–H and O–H groups in total. The van der Waals surface area contributed by atoms with Crippen LogP contribution in [0.5, 0.6) is 28.7 Å². The summed E-state index contributed by atoms with van der Waals surface area (Å²) in [6.45, 7) is 2.49. The predicted molar refractivity (Wildman–Crippen MR) is 119 cm³/mol. The van der Waals surface area contributed by atoms with Gasteiger partial charge in [0.05, 0.1) is 21.3 Å². The van der Waals surface area contributed by atoms with Crippen LogP contribution in [0.15, 0.2) is 54.6 Å². The van der Waals surface area contributed by atoms with E-state index in [4.69, 9.17) is 18.9 Å². The van der Waals surface area contributed by atoms with Crippen molar-refractivity contribution in [3.63, 3.8) is 0 Å². The fourth-order valence-electron chi connectivity index (χ4n) is 3.92. The van der Waals surface area contributed by atoms with Crippen LogP contribution in [0.4, 0.5) is 0 Å². The minimum Gasteiger partial charge on any atom is -0.508 e. The van der Waals surface area contributed by atoms with Crippen LogP contribution in [0.3, 0.4) is 0 Å². The van der Waals surface area contributed by atoms with Gasteiger partial charge in [-0.1, -0.05) is 18.2 Å². The molecule has 31 heavy (non-hydrogen) atoms. The summed E-state index contributed by atoms with van der Waals surface area (Å²) in [6.07, 6.45) is 0. The summed E-state index contributed by atoms with van der Waals surface area (Å²) < 4.78 is 22.6. The smallest absolute Gasteiger partial charge is 0.165 e. The number of para-hydroxylation sites is 1. The Kier molecular flexibility index (Phi) is 6.18. The number of phenolic OH excluding ortho intramolecular Hbond substituents is 1. The second-order valence-electron chi connectivity index (χ2n) is 7.42. The first-order chi connectivity index (χ1) is 15.1. The molecule has 0 saturated heterocycles. The Hall–Kier alpha value is -3.38. The lowest BCUT2D eigenvalue weighted by molar-refractivity contribution is 0.215. The van der Waals surface area contributed by atoms with Gasteiger partial charge in [-0.25, -0.2) is 0 Å². The second-order valence-corrected chi connectivity index (χ2v) is 7.42. The molecule has 3 aromatic carbocycles. The zero-order valence-electron chi connectivity index (χ0n) is 18.1. The summed E-state index contributed by atoms with van der Waals surface area (Å²) in [5.74, 6) is 3.24. The molecule has 0 aromatic heterocycles. The summed E-state index contributed by atoms with van der Waals surface area (Å²) in [6, 6.07) is 17.3. The molecule has 1 aliphatic heterocycles. The highest BCUT2D eigenvalue weighted by atomic mass is 16.5. The average molecular weight is 421 g/mol. The number of hydrogen-bond donors (Lipinski definition) is 1. The van der Waals surface area contributed by atoms with Gasteiger partial charge in [-0.05, 0) is 42.0 Å². The van der Waals surface area contributed by atoms with E-state index in [2.05, 4.69) is 11.0 Å². The summed E-state index contributed by atoms with van der Waals surface area (Å²) in [4.78, 5) is 2.24. The van der Waals surface area contributed by atoms with Gasteiger partial charge in [0.15, 0.2) is 11.5 Å². The van der Waals surface area contributed by atoms with Crippen LogP contribution >= 0.6 is 0 Å². The molecular formula is C25H27NO5. The Morgan fingerprint density at radius 3 is 2.52 bits per heavy atom. The van der Waals surface area contributed by atoms with E-state index in [1.165, 1.54) is 0 Å². The van der Waals surface area contributed by atoms with Crippen LogP contribution < -0.4 is 18.9 Å². The van der Waals surface area contributed by atoms with Crippen LogP contribution in [0.1, 0.15) is 11.1 Å². The lowest BCUT2D eigenvalue weighted by Crippen LogP contribution is -2.25. The number of fused-ring (bicyclic) bond motifs is 1. The molecule has 0 atom stereocenters. The van der Waals surface area contributed by atoms with Crippen molar-refractivity contribution in [3.8, 4) is 39.9 Å². The molecule has 0 spiro atoms. The maximum Gasteiger partial charge on any atom is 0.165 e. The van der Waals surface area contributed by atoms with Crippen molar-refractivity contribution in [1.82, 2.24) is 4.90 Å². The minimum atomic E-state index is 0.256. The third-order valence-electron chi connectivity index (χ3n) is 5.50. The van der Waals surface area contributed by atoms with Gasteiger partial charge in [0.25, 0.3) is 0 Å². The molecule has 0 fully saturated rings. The summed E-state index contributed by atoms with van der Waals surface area (Å²) in [7, 11) is 4.95. The molecule has 0 unspecified atom stereocenters. The van der Waals surface area contributed by atoms with Gasteiger partial charge < -0.3 is 24.1 Å². The monoisotopic (exact) mass is 421 g/mol. The maximum absolute atomic E-state index is 10.3. The van der Waals surface area contributed by atoms with Gasteiger partial charge in [-0.2, -0.15) is 0 Å². The Bertz CT molecular complexity index is 1070. The van der Waals surface area contributed by atoms with E-state index in [0.29, 0.717) is 25.4 Å².